The molecule has 0 spiro atoms. The maximum Gasteiger partial charge on any atom is 0.275 e. The maximum atomic E-state index is 12.3. The minimum absolute atomic E-state index is 0.222. The normalized spacial score (nSPS) is 17.6. The Morgan fingerprint density at radius 2 is 2.00 bits per heavy atom. The van der Waals surface area contributed by atoms with E-state index in [1.807, 2.05) is 0 Å². The lowest BCUT2D eigenvalue weighted by atomic mass is 10.0. The predicted molar refractivity (Wildman–Crippen MR) is 97.1 cm³/mol. The van der Waals surface area contributed by atoms with E-state index in [2.05, 4.69) is 27.1 Å². The van der Waals surface area contributed by atoms with Gasteiger partial charge in [-0.1, -0.05) is 36.2 Å². The molecule has 1 N–H and O–H groups in total. The number of benzene rings is 1. The van der Waals surface area contributed by atoms with Crippen LogP contribution in [0.1, 0.15) is 30.3 Å². The zero-order valence-electron chi connectivity index (χ0n) is 13.3. The zero-order chi connectivity index (χ0) is 17.1. The van der Waals surface area contributed by atoms with Crippen molar-refractivity contribution < 1.29 is 4.79 Å². The second-order valence-corrected chi connectivity index (χ2v) is 6.82. The van der Waals surface area contributed by atoms with Crippen LogP contribution in [-0.2, 0) is 0 Å². The van der Waals surface area contributed by atoms with Gasteiger partial charge in [0.15, 0.2) is 0 Å². The summed E-state index contributed by atoms with van der Waals surface area (Å²) in [6.07, 6.45) is 5.51. The largest absolute Gasteiger partial charge is 0.355 e. The van der Waals surface area contributed by atoms with E-state index < -0.39 is 5.91 Å². The van der Waals surface area contributed by atoms with Crippen LogP contribution >= 0.6 is 23.2 Å². The van der Waals surface area contributed by atoms with Gasteiger partial charge in [-0.15, -0.1) is 0 Å². The fourth-order valence-electron chi connectivity index (χ4n) is 2.79. The zero-order valence-corrected chi connectivity index (χ0v) is 14.8. The molecule has 0 aliphatic carbocycles. The molecule has 0 radical (unpaired) electrons. The standard InChI is InChI=1S/C17H18Cl2N4O/c1-11-4-3-7-23(10-11)15-9-20-14(8-21-15)17(24)22-16-12(18)5-2-6-13(16)19/h2,5-6,8-9,11H,3-4,7,10H2,1H3,(H,22,24). The van der Waals surface area contributed by atoms with Crippen molar-refractivity contribution >= 4 is 40.6 Å². The summed E-state index contributed by atoms with van der Waals surface area (Å²) in [6.45, 7) is 4.17. The van der Waals surface area contributed by atoms with Gasteiger partial charge in [0.2, 0.25) is 0 Å². The number of hydrogen-bond acceptors (Lipinski definition) is 4. The second kappa shape index (κ2) is 7.36. The Balaban J connectivity index is 1.72. The molecule has 1 amide bonds. The molecule has 7 heteroatoms. The van der Waals surface area contributed by atoms with Gasteiger partial charge in [-0.05, 0) is 30.9 Å². The first-order valence-corrected chi connectivity index (χ1v) is 8.62. The molecule has 5 nitrogen and oxygen atoms in total. The van der Waals surface area contributed by atoms with Gasteiger partial charge in [0, 0.05) is 13.1 Å². The van der Waals surface area contributed by atoms with Crippen LogP contribution in [0.15, 0.2) is 30.6 Å². The Morgan fingerprint density at radius 1 is 1.25 bits per heavy atom. The van der Waals surface area contributed by atoms with Crippen molar-refractivity contribution in [1.29, 1.82) is 0 Å². The summed E-state index contributed by atoms with van der Waals surface area (Å²) in [7, 11) is 0. The highest BCUT2D eigenvalue weighted by molar-refractivity contribution is 6.39. The number of carbonyl (C=O) groups is 1. The summed E-state index contributed by atoms with van der Waals surface area (Å²) in [5.74, 6) is 1.05. The molecule has 0 saturated carbocycles. The molecular formula is C17H18Cl2N4O. The topological polar surface area (TPSA) is 58.1 Å². The lowest BCUT2D eigenvalue weighted by molar-refractivity contribution is 0.102. The molecule has 3 rings (SSSR count). The molecule has 1 atom stereocenters. The summed E-state index contributed by atoms with van der Waals surface area (Å²) in [4.78, 5) is 23.1. The van der Waals surface area contributed by atoms with Crippen LogP contribution in [0.5, 0.6) is 0 Å². The smallest absolute Gasteiger partial charge is 0.275 e. The lowest BCUT2D eigenvalue weighted by Crippen LogP contribution is -2.35. The SMILES string of the molecule is CC1CCCN(c2cnc(C(=O)Nc3c(Cl)cccc3Cl)cn2)C1. The Kier molecular flexibility index (Phi) is 5.21. The monoisotopic (exact) mass is 364 g/mol. The van der Waals surface area contributed by atoms with Gasteiger partial charge in [0.25, 0.3) is 5.91 Å². The first kappa shape index (κ1) is 17.0. The average molecular weight is 365 g/mol. The van der Waals surface area contributed by atoms with Crippen LogP contribution in [0.25, 0.3) is 0 Å². The van der Waals surface area contributed by atoms with E-state index in [0.717, 1.165) is 25.3 Å². The van der Waals surface area contributed by atoms with Crippen LogP contribution in [0.4, 0.5) is 11.5 Å². The number of aromatic nitrogens is 2. The third-order valence-electron chi connectivity index (χ3n) is 4.05. The average Bonchev–Trinajstić information content (AvgIpc) is 2.58. The highest BCUT2D eigenvalue weighted by Gasteiger charge is 2.19. The van der Waals surface area contributed by atoms with Crippen molar-refractivity contribution in [2.75, 3.05) is 23.3 Å². The number of nitrogens with one attached hydrogen (secondary N) is 1. The van der Waals surface area contributed by atoms with Crippen molar-refractivity contribution in [2.24, 2.45) is 5.92 Å². The summed E-state index contributed by atoms with van der Waals surface area (Å²) in [6, 6.07) is 5.04. The number of hydrogen-bond donors (Lipinski definition) is 1. The Hall–Kier alpha value is -1.85. The van der Waals surface area contributed by atoms with E-state index >= 15 is 0 Å². The molecule has 1 fully saturated rings. The number of anilines is 2. The van der Waals surface area contributed by atoms with Crippen LogP contribution in [-0.4, -0.2) is 29.0 Å². The Morgan fingerprint density at radius 3 is 2.62 bits per heavy atom. The molecule has 2 heterocycles. The molecule has 1 aliphatic rings. The number of piperidine rings is 1. The van der Waals surface area contributed by atoms with Crippen LogP contribution in [0.3, 0.4) is 0 Å². The van der Waals surface area contributed by atoms with Gasteiger partial charge in [0.1, 0.15) is 11.5 Å². The first-order valence-electron chi connectivity index (χ1n) is 7.87. The van der Waals surface area contributed by atoms with E-state index in [4.69, 9.17) is 23.2 Å². The van der Waals surface area contributed by atoms with Crippen LogP contribution in [0.2, 0.25) is 10.0 Å². The van der Waals surface area contributed by atoms with Gasteiger partial charge in [0.05, 0.1) is 28.1 Å². The Bertz CT molecular complexity index is 716. The molecular weight excluding hydrogens is 347 g/mol. The molecule has 1 aromatic carbocycles. The lowest BCUT2D eigenvalue weighted by Gasteiger charge is -2.31. The first-order chi connectivity index (χ1) is 11.5. The van der Waals surface area contributed by atoms with Crippen molar-refractivity contribution in [3.05, 3.63) is 46.3 Å². The fourth-order valence-corrected chi connectivity index (χ4v) is 3.29. The van der Waals surface area contributed by atoms with E-state index in [0.29, 0.717) is 21.7 Å². The molecule has 1 saturated heterocycles. The number of nitrogens with zero attached hydrogens (tertiary/aromatic N) is 3. The summed E-state index contributed by atoms with van der Waals surface area (Å²) >= 11 is 12.1. The molecule has 0 bridgehead atoms. The third kappa shape index (κ3) is 3.79. The maximum absolute atomic E-state index is 12.3. The van der Waals surface area contributed by atoms with E-state index in [1.54, 1.807) is 24.4 Å². The predicted octanol–water partition coefficient (Wildman–Crippen LogP) is 4.27. The second-order valence-electron chi connectivity index (χ2n) is 6.00. The van der Waals surface area contributed by atoms with E-state index in [1.165, 1.54) is 12.6 Å². The van der Waals surface area contributed by atoms with E-state index in [-0.39, 0.29) is 5.69 Å². The fraction of sp³-hybridized carbons (Fsp3) is 0.353. The van der Waals surface area contributed by atoms with Crippen molar-refractivity contribution in [2.45, 2.75) is 19.8 Å². The Labute approximate surface area is 151 Å². The number of para-hydroxylation sites is 1. The highest BCUT2D eigenvalue weighted by atomic mass is 35.5. The van der Waals surface area contributed by atoms with Crippen LogP contribution < -0.4 is 10.2 Å². The van der Waals surface area contributed by atoms with Crippen molar-refractivity contribution in [3.63, 3.8) is 0 Å². The van der Waals surface area contributed by atoms with Gasteiger partial charge >= 0.3 is 0 Å². The molecule has 1 aromatic heterocycles. The van der Waals surface area contributed by atoms with Gasteiger partial charge in [-0.3, -0.25) is 4.79 Å². The van der Waals surface area contributed by atoms with Gasteiger partial charge in [-0.2, -0.15) is 0 Å². The minimum Gasteiger partial charge on any atom is -0.355 e. The van der Waals surface area contributed by atoms with Gasteiger partial charge in [-0.25, -0.2) is 9.97 Å². The summed E-state index contributed by atoms with van der Waals surface area (Å²) in [5.41, 5.74) is 0.598. The van der Waals surface area contributed by atoms with Crippen LogP contribution in [0, 0.1) is 5.92 Å². The molecule has 24 heavy (non-hydrogen) atoms. The van der Waals surface area contributed by atoms with Crippen molar-refractivity contribution in [3.8, 4) is 0 Å². The van der Waals surface area contributed by atoms with Crippen molar-refractivity contribution in [1.82, 2.24) is 9.97 Å². The molecule has 1 unspecified atom stereocenters. The third-order valence-corrected chi connectivity index (χ3v) is 4.68. The highest BCUT2D eigenvalue weighted by Crippen LogP contribution is 2.30. The minimum atomic E-state index is -0.393. The summed E-state index contributed by atoms with van der Waals surface area (Å²) in [5, 5.41) is 3.44. The molecule has 2 aromatic rings. The quantitative estimate of drug-likeness (QED) is 0.883. The molecule has 1 aliphatic heterocycles. The number of amides is 1. The summed E-state index contributed by atoms with van der Waals surface area (Å²) < 4.78 is 0. The van der Waals surface area contributed by atoms with Gasteiger partial charge < -0.3 is 10.2 Å². The number of rotatable bonds is 3. The molecule has 126 valence electrons. The number of carbonyl (C=O) groups excluding carboxylic acids is 1. The number of halogens is 2. The van der Waals surface area contributed by atoms with E-state index in [9.17, 15) is 4.79 Å².